The number of nitrogens with one attached hydrogen (secondary N) is 1. The van der Waals surface area contributed by atoms with Crippen molar-refractivity contribution in [2.24, 2.45) is 0 Å². The smallest absolute Gasteiger partial charge is 0.251 e. The molecule has 1 rings (SSSR count). The molecule has 1 aliphatic heterocycles. The molecule has 0 radical (unpaired) electrons. The van der Waals surface area contributed by atoms with Crippen LogP contribution in [0.25, 0.3) is 0 Å². The first-order valence-electron chi connectivity index (χ1n) is 3.32. The van der Waals surface area contributed by atoms with E-state index in [0.29, 0.717) is 5.57 Å². The topological polar surface area (TPSA) is 58.6 Å². The number of aliphatic hydroxyl groups excluding tert-OH is 1. The first-order chi connectivity index (χ1) is 5.07. The average Bonchev–Trinajstić information content (AvgIpc) is 1.98. The molecule has 2 N–H and O–H groups in total. The lowest BCUT2D eigenvalue weighted by Gasteiger charge is -2.33. The lowest BCUT2D eigenvalue weighted by Crippen LogP contribution is -2.55. The second-order valence-electron chi connectivity index (χ2n) is 2.74. The molecule has 0 spiro atoms. The molecule has 0 saturated carbocycles. The Morgan fingerprint density at radius 1 is 1.91 bits per heavy atom. The van der Waals surface area contributed by atoms with Crippen LogP contribution in [-0.2, 0) is 9.53 Å². The molecular weight excluding hydrogens is 146 g/mol. The molecule has 4 heteroatoms. The molecule has 0 aromatic heterocycles. The molecule has 1 unspecified atom stereocenters. The van der Waals surface area contributed by atoms with E-state index in [1.165, 1.54) is 0 Å². The third-order valence-corrected chi connectivity index (χ3v) is 1.57. The molecule has 1 amide bonds. The van der Waals surface area contributed by atoms with E-state index >= 15 is 0 Å². The zero-order valence-corrected chi connectivity index (χ0v) is 6.39. The number of ether oxygens (including phenoxy) is 1. The van der Waals surface area contributed by atoms with Gasteiger partial charge in [-0.05, 0) is 6.92 Å². The Labute approximate surface area is 64.9 Å². The average molecular weight is 157 g/mol. The predicted molar refractivity (Wildman–Crippen MR) is 38.7 cm³/mol. The van der Waals surface area contributed by atoms with Crippen LogP contribution < -0.4 is 5.32 Å². The molecule has 4 nitrogen and oxygen atoms in total. The Morgan fingerprint density at radius 3 is 3.00 bits per heavy atom. The molecule has 62 valence electrons. The zero-order valence-electron chi connectivity index (χ0n) is 6.39. The van der Waals surface area contributed by atoms with Crippen molar-refractivity contribution < 1.29 is 14.6 Å². The summed E-state index contributed by atoms with van der Waals surface area (Å²) < 4.78 is 5.12. The van der Waals surface area contributed by atoms with Crippen LogP contribution in [0.2, 0.25) is 0 Å². The van der Waals surface area contributed by atoms with Crippen molar-refractivity contribution in [1.82, 2.24) is 5.32 Å². The van der Waals surface area contributed by atoms with E-state index in [-0.39, 0.29) is 19.1 Å². The van der Waals surface area contributed by atoms with Crippen molar-refractivity contribution in [2.45, 2.75) is 12.6 Å². The molecule has 1 heterocycles. The maximum atomic E-state index is 11.0. The van der Waals surface area contributed by atoms with Crippen LogP contribution in [0.4, 0.5) is 0 Å². The van der Waals surface area contributed by atoms with Gasteiger partial charge in [-0.15, -0.1) is 0 Å². The molecule has 11 heavy (non-hydrogen) atoms. The summed E-state index contributed by atoms with van der Waals surface area (Å²) in [7, 11) is 0. The fraction of sp³-hybridized carbons (Fsp3) is 0.571. The van der Waals surface area contributed by atoms with E-state index < -0.39 is 5.72 Å². The van der Waals surface area contributed by atoms with Crippen LogP contribution in [0.5, 0.6) is 0 Å². The summed E-state index contributed by atoms with van der Waals surface area (Å²) in [5, 5.41) is 11.3. The van der Waals surface area contributed by atoms with Gasteiger partial charge in [0.05, 0.1) is 13.2 Å². The number of hydrogen-bond acceptors (Lipinski definition) is 3. The van der Waals surface area contributed by atoms with Crippen LogP contribution in [0.3, 0.4) is 0 Å². The summed E-state index contributed by atoms with van der Waals surface area (Å²) in [6.07, 6.45) is 0. The van der Waals surface area contributed by atoms with E-state index in [4.69, 9.17) is 9.84 Å². The van der Waals surface area contributed by atoms with Gasteiger partial charge in [0.25, 0.3) is 5.91 Å². The van der Waals surface area contributed by atoms with Crippen molar-refractivity contribution >= 4 is 5.91 Å². The number of rotatable bonds is 1. The van der Waals surface area contributed by atoms with Crippen LogP contribution in [0.1, 0.15) is 6.92 Å². The molecule has 0 aliphatic carbocycles. The molecular formula is C7H11NO3. The number of carbonyl (C=O) groups excluding carboxylic acids is 1. The Bertz CT molecular complexity index is 202. The fourth-order valence-corrected chi connectivity index (χ4v) is 0.762. The van der Waals surface area contributed by atoms with E-state index in [1.54, 1.807) is 6.92 Å². The van der Waals surface area contributed by atoms with E-state index in [0.717, 1.165) is 0 Å². The second-order valence-corrected chi connectivity index (χ2v) is 2.74. The third-order valence-electron chi connectivity index (χ3n) is 1.57. The third kappa shape index (κ3) is 1.58. The Hall–Kier alpha value is -0.870. The van der Waals surface area contributed by atoms with Gasteiger partial charge in [-0.1, -0.05) is 6.58 Å². The monoisotopic (exact) mass is 157 g/mol. The van der Waals surface area contributed by atoms with Crippen LogP contribution >= 0.6 is 0 Å². The van der Waals surface area contributed by atoms with Gasteiger partial charge in [0.15, 0.2) is 5.72 Å². The van der Waals surface area contributed by atoms with Crippen molar-refractivity contribution in [1.29, 1.82) is 0 Å². The molecule has 1 atom stereocenters. The van der Waals surface area contributed by atoms with Crippen molar-refractivity contribution in [3.63, 3.8) is 0 Å². The Morgan fingerprint density at radius 2 is 2.55 bits per heavy atom. The molecule has 0 aromatic carbocycles. The zero-order chi connectivity index (χ0) is 8.48. The van der Waals surface area contributed by atoms with Gasteiger partial charge in [-0.25, -0.2) is 0 Å². The van der Waals surface area contributed by atoms with Crippen LogP contribution in [0, 0.1) is 0 Å². The molecule has 1 aliphatic rings. The first-order valence-corrected chi connectivity index (χ1v) is 3.32. The quantitative estimate of drug-likeness (QED) is 0.499. The van der Waals surface area contributed by atoms with Gasteiger partial charge in [0.1, 0.15) is 0 Å². The predicted octanol–water partition coefficient (Wildman–Crippen LogP) is -0.603. The number of aliphatic hydroxyl groups is 1. The molecule has 1 fully saturated rings. The van der Waals surface area contributed by atoms with E-state index in [9.17, 15) is 4.79 Å². The standard InChI is InChI=1S/C7H11NO3/c1-5-3-11-7(2,4-9)8-6(5)10/h9H,1,3-4H2,2H3,(H,8,10). The molecule has 0 aromatic rings. The minimum Gasteiger partial charge on any atom is -0.391 e. The second kappa shape index (κ2) is 2.64. The highest BCUT2D eigenvalue weighted by molar-refractivity contribution is 5.94. The summed E-state index contributed by atoms with van der Waals surface area (Å²) in [4.78, 5) is 11.0. The number of amides is 1. The van der Waals surface area contributed by atoms with Crippen LogP contribution in [0.15, 0.2) is 12.2 Å². The minimum absolute atomic E-state index is 0.183. The summed E-state index contributed by atoms with van der Waals surface area (Å²) in [5.41, 5.74) is -0.547. The van der Waals surface area contributed by atoms with Gasteiger partial charge >= 0.3 is 0 Å². The largest absolute Gasteiger partial charge is 0.391 e. The van der Waals surface area contributed by atoms with Crippen molar-refractivity contribution in [3.8, 4) is 0 Å². The summed E-state index contributed by atoms with van der Waals surface area (Å²) >= 11 is 0. The Balaban J connectivity index is 2.66. The number of carbonyl (C=O) groups is 1. The van der Waals surface area contributed by atoms with E-state index in [1.807, 2.05) is 0 Å². The Kier molecular flexibility index (Phi) is 1.97. The molecule has 0 bridgehead atoms. The summed E-state index contributed by atoms with van der Waals surface area (Å²) in [6.45, 7) is 5.04. The lowest BCUT2D eigenvalue weighted by molar-refractivity contribution is -0.143. The highest BCUT2D eigenvalue weighted by Crippen LogP contribution is 2.13. The minimum atomic E-state index is -0.932. The lowest BCUT2D eigenvalue weighted by atomic mass is 10.2. The van der Waals surface area contributed by atoms with Gasteiger partial charge in [0, 0.05) is 5.57 Å². The van der Waals surface area contributed by atoms with Gasteiger partial charge in [0.2, 0.25) is 0 Å². The molecule has 1 saturated heterocycles. The highest BCUT2D eigenvalue weighted by Gasteiger charge is 2.32. The summed E-state index contributed by atoms with van der Waals surface area (Å²) in [5.74, 6) is -0.257. The SMILES string of the molecule is C=C1COC(C)(CO)NC1=O. The highest BCUT2D eigenvalue weighted by atomic mass is 16.5. The fourth-order valence-electron chi connectivity index (χ4n) is 0.762. The van der Waals surface area contributed by atoms with Crippen molar-refractivity contribution in [2.75, 3.05) is 13.2 Å². The van der Waals surface area contributed by atoms with Gasteiger partial charge < -0.3 is 15.2 Å². The maximum Gasteiger partial charge on any atom is 0.251 e. The summed E-state index contributed by atoms with van der Waals surface area (Å²) in [6, 6.07) is 0. The van der Waals surface area contributed by atoms with E-state index in [2.05, 4.69) is 11.9 Å². The van der Waals surface area contributed by atoms with Crippen LogP contribution in [-0.4, -0.2) is 30.0 Å². The first kappa shape index (κ1) is 8.23. The van der Waals surface area contributed by atoms with Crippen molar-refractivity contribution in [3.05, 3.63) is 12.2 Å². The van der Waals surface area contributed by atoms with Gasteiger partial charge in [-0.2, -0.15) is 0 Å². The van der Waals surface area contributed by atoms with Gasteiger partial charge in [-0.3, -0.25) is 4.79 Å². The maximum absolute atomic E-state index is 11.0. The normalized spacial score (nSPS) is 31.8. The number of hydrogen-bond donors (Lipinski definition) is 2.